The summed E-state index contributed by atoms with van der Waals surface area (Å²) in [6, 6.07) is 11.0. The fourth-order valence-corrected chi connectivity index (χ4v) is 4.50. The third kappa shape index (κ3) is 4.43. The minimum atomic E-state index is -0.0742. The van der Waals surface area contributed by atoms with E-state index in [0.29, 0.717) is 31.1 Å². The highest BCUT2D eigenvalue weighted by atomic mass is 16.5. The molecule has 0 saturated carbocycles. The van der Waals surface area contributed by atoms with Gasteiger partial charge >= 0.3 is 0 Å². The number of carbonyl (C=O) groups is 1. The molecule has 3 rings (SSSR count). The molecule has 1 amide bonds. The lowest BCUT2D eigenvalue weighted by atomic mass is 9.91. The molecule has 1 atom stereocenters. The highest BCUT2D eigenvalue weighted by molar-refractivity contribution is 5.93. The Kier molecular flexibility index (Phi) is 7.30. The van der Waals surface area contributed by atoms with E-state index in [0.717, 1.165) is 37.1 Å². The number of amides is 1. The molecule has 0 bridgehead atoms. The molecule has 160 valence electrons. The molecule has 0 fully saturated rings. The number of rotatable bonds is 8. The maximum absolute atomic E-state index is 13.0. The Balaban J connectivity index is 1.78. The molecule has 1 aromatic heterocycles. The van der Waals surface area contributed by atoms with Crippen LogP contribution in [0.4, 0.5) is 5.82 Å². The van der Waals surface area contributed by atoms with Gasteiger partial charge in [0.15, 0.2) is 0 Å². The number of methoxy groups -OCH3 is 1. The number of fused-ring (bicyclic) bond motifs is 1. The zero-order valence-electron chi connectivity index (χ0n) is 18.5. The van der Waals surface area contributed by atoms with Crippen LogP contribution in [0.3, 0.4) is 0 Å². The lowest BCUT2D eigenvalue weighted by molar-refractivity contribution is -0.118. The van der Waals surface area contributed by atoms with Crippen molar-refractivity contribution in [3.8, 4) is 6.07 Å². The zero-order valence-corrected chi connectivity index (χ0v) is 18.5. The number of aromatic nitrogens is 1. The van der Waals surface area contributed by atoms with Gasteiger partial charge in [-0.3, -0.25) is 9.69 Å². The van der Waals surface area contributed by atoms with Crippen LogP contribution in [0.1, 0.15) is 53.8 Å². The second-order valence-corrected chi connectivity index (χ2v) is 7.94. The Morgan fingerprint density at radius 3 is 2.80 bits per heavy atom. The summed E-state index contributed by atoms with van der Waals surface area (Å²) in [5, 5.41) is 12.7. The molecule has 0 radical (unpaired) electrons. The topological polar surface area (TPSA) is 70.3 Å². The molecule has 0 saturated heterocycles. The Morgan fingerprint density at radius 1 is 1.33 bits per heavy atom. The van der Waals surface area contributed by atoms with Crippen LogP contribution in [-0.2, 0) is 22.5 Å². The number of nitriles is 1. The van der Waals surface area contributed by atoms with E-state index >= 15 is 0 Å². The molecule has 0 spiro atoms. The Morgan fingerprint density at radius 2 is 2.10 bits per heavy atom. The van der Waals surface area contributed by atoms with E-state index in [-0.39, 0.29) is 11.9 Å². The van der Waals surface area contributed by atoms with E-state index in [9.17, 15) is 10.1 Å². The minimum absolute atomic E-state index is 0.0742. The normalized spacial score (nSPS) is 16.2. The number of hydrogen-bond acceptors (Lipinski definition) is 4. The predicted molar refractivity (Wildman–Crippen MR) is 118 cm³/mol. The third-order valence-electron chi connectivity index (χ3n) is 6.19. The second kappa shape index (κ2) is 9.92. The van der Waals surface area contributed by atoms with Crippen molar-refractivity contribution in [1.82, 2.24) is 9.47 Å². The van der Waals surface area contributed by atoms with E-state index in [4.69, 9.17) is 4.74 Å². The van der Waals surface area contributed by atoms with Crippen molar-refractivity contribution in [1.29, 1.82) is 5.26 Å². The monoisotopic (exact) mass is 408 g/mol. The SMILES string of the molecule is CCC1c2ccccc2CCN1CC(=O)Nc1c(C#N)c(C)c(C)n1CCCOC. The van der Waals surface area contributed by atoms with E-state index in [1.807, 2.05) is 18.4 Å². The van der Waals surface area contributed by atoms with Crippen LogP contribution >= 0.6 is 0 Å². The van der Waals surface area contributed by atoms with Gasteiger partial charge in [0.05, 0.1) is 12.1 Å². The predicted octanol–water partition coefficient (Wildman–Crippen LogP) is 3.96. The van der Waals surface area contributed by atoms with Gasteiger partial charge in [0.25, 0.3) is 0 Å². The lowest BCUT2D eigenvalue weighted by Crippen LogP contribution is -2.40. The Bertz CT molecular complexity index is 941. The molecule has 2 heterocycles. The van der Waals surface area contributed by atoms with Gasteiger partial charge in [0.2, 0.25) is 5.91 Å². The maximum atomic E-state index is 13.0. The molecule has 6 heteroatoms. The van der Waals surface area contributed by atoms with Crippen molar-refractivity contribution in [3.05, 3.63) is 52.2 Å². The molecule has 1 unspecified atom stereocenters. The smallest absolute Gasteiger partial charge is 0.239 e. The molecule has 0 aliphatic carbocycles. The molecule has 30 heavy (non-hydrogen) atoms. The molecule has 1 aliphatic rings. The summed E-state index contributed by atoms with van der Waals surface area (Å²) in [4.78, 5) is 15.3. The van der Waals surface area contributed by atoms with Crippen molar-refractivity contribution in [2.45, 2.75) is 52.6 Å². The first-order valence-corrected chi connectivity index (χ1v) is 10.7. The van der Waals surface area contributed by atoms with Crippen LogP contribution in [0.2, 0.25) is 0 Å². The number of anilines is 1. The summed E-state index contributed by atoms with van der Waals surface area (Å²) in [5.74, 6) is 0.536. The summed E-state index contributed by atoms with van der Waals surface area (Å²) in [6.45, 7) is 8.61. The van der Waals surface area contributed by atoms with Crippen LogP contribution in [-0.4, -0.2) is 42.2 Å². The van der Waals surface area contributed by atoms with Crippen LogP contribution in [0, 0.1) is 25.2 Å². The van der Waals surface area contributed by atoms with Gasteiger partial charge in [-0.15, -0.1) is 0 Å². The molecule has 1 N–H and O–H groups in total. The number of nitrogens with one attached hydrogen (secondary N) is 1. The van der Waals surface area contributed by atoms with Crippen LogP contribution in [0.15, 0.2) is 24.3 Å². The fraction of sp³-hybridized carbons (Fsp3) is 0.500. The Hall–Kier alpha value is -2.62. The summed E-state index contributed by atoms with van der Waals surface area (Å²) in [7, 11) is 1.68. The third-order valence-corrected chi connectivity index (χ3v) is 6.19. The summed E-state index contributed by atoms with van der Waals surface area (Å²) >= 11 is 0. The van der Waals surface area contributed by atoms with Crippen molar-refractivity contribution in [3.63, 3.8) is 0 Å². The number of hydrogen-bond donors (Lipinski definition) is 1. The molecule has 1 aromatic carbocycles. The Labute approximate surface area is 179 Å². The van der Waals surface area contributed by atoms with Crippen molar-refractivity contribution in [2.24, 2.45) is 0 Å². The molecule has 6 nitrogen and oxygen atoms in total. The van der Waals surface area contributed by atoms with E-state index in [1.54, 1.807) is 7.11 Å². The summed E-state index contributed by atoms with van der Waals surface area (Å²) < 4.78 is 7.20. The first-order chi connectivity index (χ1) is 14.5. The average Bonchev–Trinajstić information content (AvgIpc) is 2.97. The largest absolute Gasteiger partial charge is 0.385 e. The van der Waals surface area contributed by atoms with E-state index in [1.165, 1.54) is 11.1 Å². The molecular weight excluding hydrogens is 376 g/mol. The summed E-state index contributed by atoms with van der Waals surface area (Å²) in [6.07, 6.45) is 2.73. The lowest BCUT2D eigenvalue weighted by Gasteiger charge is -2.36. The number of benzene rings is 1. The fourth-order valence-electron chi connectivity index (χ4n) is 4.50. The number of nitrogens with zero attached hydrogens (tertiary/aromatic N) is 3. The minimum Gasteiger partial charge on any atom is -0.385 e. The molecule has 2 aromatic rings. The zero-order chi connectivity index (χ0) is 21.7. The summed E-state index contributed by atoms with van der Waals surface area (Å²) in [5.41, 5.74) is 5.19. The first-order valence-electron chi connectivity index (χ1n) is 10.7. The highest BCUT2D eigenvalue weighted by Gasteiger charge is 2.28. The number of ether oxygens (including phenoxy) is 1. The molecule has 1 aliphatic heterocycles. The van der Waals surface area contributed by atoms with Gasteiger partial charge < -0.3 is 14.6 Å². The van der Waals surface area contributed by atoms with Crippen LogP contribution < -0.4 is 5.32 Å². The van der Waals surface area contributed by atoms with Crippen molar-refractivity contribution in [2.75, 3.05) is 32.1 Å². The van der Waals surface area contributed by atoms with Gasteiger partial charge in [-0.2, -0.15) is 5.26 Å². The molecular formula is C24H32N4O2. The van der Waals surface area contributed by atoms with Gasteiger partial charge in [-0.05, 0) is 49.8 Å². The van der Waals surface area contributed by atoms with Crippen LogP contribution in [0.5, 0.6) is 0 Å². The van der Waals surface area contributed by atoms with Gasteiger partial charge in [0.1, 0.15) is 11.9 Å². The van der Waals surface area contributed by atoms with Crippen molar-refractivity contribution >= 4 is 11.7 Å². The van der Waals surface area contributed by atoms with Crippen molar-refractivity contribution < 1.29 is 9.53 Å². The van der Waals surface area contributed by atoms with E-state index < -0.39 is 0 Å². The second-order valence-electron chi connectivity index (χ2n) is 7.94. The standard InChI is InChI=1S/C24H32N4O2/c1-5-22-20-10-7-6-9-19(20)11-13-27(22)16-23(29)26-24-21(15-25)17(2)18(3)28(24)12-8-14-30-4/h6-7,9-10,22H,5,8,11-14,16H2,1-4H3,(H,26,29). The quantitative estimate of drug-likeness (QED) is 0.671. The van der Waals surface area contributed by atoms with Gasteiger partial charge in [-0.25, -0.2) is 0 Å². The first kappa shape index (κ1) is 22.1. The highest BCUT2D eigenvalue weighted by Crippen LogP contribution is 2.32. The average molecular weight is 409 g/mol. The maximum Gasteiger partial charge on any atom is 0.239 e. The van der Waals surface area contributed by atoms with Gasteiger partial charge in [-0.1, -0.05) is 31.2 Å². The number of carbonyl (C=O) groups excluding carboxylic acids is 1. The van der Waals surface area contributed by atoms with E-state index in [2.05, 4.69) is 47.5 Å². The van der Waals surface area contributed by atoms with Crippen LogP contribution in [0.25, 0.3) is 0 Å². The van der Waals surface area contributed by atoms with Gasteiger partial charge in [0, 0.05) is 38.5 Å².